The molecule has 0 bridgehead atoms. The number of nitrogens with zero attached hydrogens (tertiary/aromatic N) is 7. The minimum atomic E-state index is -0.794. The third-order valence-electron chi connectivity index (χ3n) is 4.22. The molecule has 0 N–H and O–H groups in total. The number of aromatic nitrogens is 4. The van der Waals surface area contributed by atoms with Gasteiger partial charge in [-0.05, 0) is 53.7 Å². The van der Waals surface area contributed by atoms with E-state index in [0.717, 1.165) is 9.80 Å². The molecule has 0 radical (unpaired) electrons. The van der Waals surface area contributed by atoms with E-state index in [2.05, 4.69) is 15.1 Å². The smallest absolute Gasteiger partial charge is 0.421 e. The van der Waals surface area contributed by atoms with Gasteiger partial charge in [0.1, 0.15) is 17.3 Å². The van der Waals surface area contributed by atoms with E-state index in [1.165, 1.54) is 17.8 Å². The number of carbonyl (C=O) groups is 2. The standard InChI is InChI=1S/C23H27N7O4/c1-22(2,3)33-20(31)28(7)18-17-25-14-16(13-24)30(17)27-19(26-18)29(15-11-9-8-10-12-15)21(32)34-23(4,5)6/h8-12,14H,1-7H3. The molecule has 0 fully saturated rings. The third kappa shape index (κ3) is 5.40. The van der Waals surface area contributed by atoms with Crippen molar-refractivity contribution in [2.24, 2.45) is 0 Å². The van der Waals surface area contributed by atoms with Gasteiger partial charge in [-0.3, -0.25) is 4.90 Å². The second-order valence-corrected chi connectivity index (χ2v) is 9.42. The molecule has 0 atom stereocenters. The van der Waals surface area contributed by atoms with E-state index in [1.54, 1.807) is 71.9 Å². The van der Waals surface area contributed by atoms with Crippen LogP contribution in [0.15, 0.2) is 36.5 Å². The van der Waals surface area contributed by atoms with Gasteiger partial charge in [-0.2, -0.15) is 14.8 Å². The molecule has 3 rings (SSSR count). The van der Waals surface area contributed by atoms with Gasteiger partial charge >= 0.3 is 12.2 Å². The fourth-order valence-electron chi connectivity index (χ4n) is 2.86. The first kappa shape index (κ1) is 24.4. The van der Waals surface area contributed by atoms with Crippen LogP contribution in [-0.4, -0.2) is 50.0 Å². The van der Waals surface area contributed by atoms with Crippen molar-refractivity contribution in [1.29, 1.82) is 5.26 Å². The maximum atomic E-state index is 13.2. The Morgan fingerprint density at radius 3 is 2.15 bits per heavy atom. The number of amides is 2. The highest BCUT2D eigenvalue weighted by Gasteiger charge is 2.31. The van der Waals surface area contributed by atoms with Gasteiger partial charge in [0.15, 0.2) is 17.2 Å². The van der Waals surface area contributed by atoms with Gasteiger partial charge < -0.3 is 9.47 Å². The first-order chi connectivity index (χ1) is 15.8. The zero-order chi connectivity index (χ0) is 25.3. The van der Waals surface area contributed by atoms with Crippen LogP contribution in [0.1, 0.15) is 47.2 Å². The summed E-state index contributed by atoms with van der Waals surface area (Å²) in [5, 5.41) is 13.9. The normalized spacial score (nSPS) is 11.6. The van der Waals surface area contributed by atoms with Gasteiger partial charge in [0.2, 0.25) is 0 Å². The second kappa shape index (κ2) is 8.97. The first-order valence-corrected chi connectivity index (χ1v) is 10.5. The first-order valence-electron chi connectivity index (χ1n) is 10.5. The van der Waals surface area contributed by atoms with Crippen LogP contribution in [0.4, 0.5) is 27.0 Å². The molecule has 3 aromatic rings. The fourth-order valence-corrected chi connectivity index (χ4v) is 2.86. The molecule has 0 aliphatic heterocycles. The summed E-state index contributed by atoms with van der Waals surface area (Å²) < 4.78 is 12.3. The van der Waals surface area contributed by atoms with Crippen molar-refractivity contribution in [2.75, 3.05) is 16.8 Å². The van der Waals surface area contributed by atoms with Gasteiger partial charge in [-0.25, -0.2) is 19.5 Å². The molecule has 11 heteroatoms. The molecule has 0 saturated carbocycles. The highest BCUT2D eigenvalue weighted by Crippen LogP contribution is 2.28. The van der Waals surface area contributed by atoms with Crippen molar-refractivity contribution in [3.8, 4) is 6.07 Å². The third-order valence-corrected chi connectivity index (χ3v) is 4.22. The maximum absolute atomic E-state index is 13.2. The number of ether oxygens (including phenoxy) is 2. The van der Waals surface area contributed by atoms with Crippen LogP contribution in [0.3, 0.4) is 0 Å². The number of anilines is 3. The van der Waals surface area contributed by atoms with Crippen LogP contribution in [0.2, 0.25) is 0 Å². The summed E-state index contributed by atoms with van der Waals surface area (Å²) >= 11 is 0. The average molecular weight is 466 g/mol. The van der Waals surface area contributed by atoms with Crippen molar-refractivity contribution in [1.82, 2.24) is 19.6 Å². The number of hydrogen-bond acceptors (Lipinski definition) is 8. The average Bonchev–Trinajstić information content (AvgIpc) is 3.14. The Morgan fingerprint density at radius 1 is 1.00 bits per heavy atom. The SMILES string of the molecule is CN(C(=O)OC(C)(C)C)c1nc(N(C(=O)OC(C)(C)C)c2ccccc2)nn2c(C#N)cnc12. The molecule has 178 valence electrons. The highest BCUT2D eigenvalue weighted by molar-refractivity contribution is 5.95. The summed E-state index contributed by atoms with van der Waals surface area (Å²) in [5.74, 6) is -0.0712. The number of rotatable bonds is 3. The molecule has 0 spiro atoms. The number of nitriles is 1. The lowest BCUT2D eigenvalue weighted by atomic mass is 10.2. The number of imidazole rings is 1. The Bertz CT molecular complexity index is 1250. The van der Waals surface area contributed by atoms with Crippen molar-refractivity contribution in [3.05, 3.63) is 42.2 Å². The number of fused-ring (bicyclic) bond motifs is 1. The molecular weight excluding hydrogens is 438 g/mol. The topological polar surface area (TPSA) is 126 Å². The van der Waals surface area contributed by atoms with Crippen LogP contribution in [0.5, 0.6) is 0 Å². The van der Waals surface area contributed by atoms with Crippen LogP contribution >= 0.6 is 0 Å². The van der Waals surface area contributed by atoms with E-state index < -0.39 is 23.4 Å². The van der Waals surface area contributed by atoms with Crippen LogP contribution in [-0.2, 0) is 9.47 Å². The minimum Gasteiger partial charge on any atom is -0.443 e. The van der Waals surface area contributed by atoms with Crippen molar-refractivity contribution in [2.45, 2.75) is 52.7 Å². The Kier molecular flexibility index (Phi) is 6.45. The summed E-state index contributed by atoms with van der Waals surface area (Å²) in [6.45, 7) is 10.4. The maximum Gasteiger partial charge on any atom is 0.421 e. The molecule has 11 nitrogen and oxygen atoms in total. The summed E-state index contributed by atoms with van der Waals surface area (Å²) in [4.78, 5) is 37.0. The molecule has 2 aromatic heterocycles. The Labute approximate surface area is 197 Å². The van der Waals surface area contributed by atoms with Gasteiger partial charge in [0.25, 0.3) is 5.95 Å². The molecule has 2 amide bonds. The predicted molar refractivity (Wildman–Crippen MR) is 125 cm³/mol. The highest BCUT2D eigenvalue weighted by atomic mass is 16.6. The lowest BCUT2D eigenvalue weighted by Crippen LogP contribution is -2.37. The molecular formula is C23H27N7O4. The molecule has 0 unspecified atom stereocenters. The molecule has 1 aromatic carbocycles. The van der Waals surface area contributed by atoms with Crippen LogP contribution in [0, 0.1) is 11.3 Å². The Balaban J connectivity index is 2.22. The van der Waals surface area contributed by atoms with Crippen LogP contribution in [0.25, 0.3) is 5.65 Å². The lowest BCUT2D eigenvalue weighted by Gasteiger charge is -2.27. The van der Waals surface area contributed by atoms with Crippen LogP contribution < -0.4 is 9.80 Å². The lowest BCUT2D eigenvalue weighted by molar-refractivity contribution is 0.0583. The summed E-state index contributed by atoms with van der Waals surface area (Å²) in [6, 6.07) is 10.7. The summed E-state index contributed by atoms with van der Waals surface area (Å²) in [7, 11) is 1.46. The number of carbonyl (C=O) groups excluding carboxylic acids is 2. The van der Waals surface area contributed by atoms with Gasteiger partial charge in [0.05, 0.1) is 11.9 Å². The predicted octanol–water partition coefficient (Wildman–Crippen LogP) is 4.44. The quantitative estimate of drug-likeness (QED) is 0.556. The Hall–Kier alpha value is -4.20. The summed E-state index contributed by atoms with van der Waals surface area (Å²) in [5.41, 5.74) is -0.879. The number of hydrogen-bond donors (Lipinski definition) is 0. The second-order valence-electron chi connectivity index (χ2n) is 9.42. The van der Waals surface area contributed by atoms with Crippen molar-refractivity contribution in [3.63, 3.8) is 0 Å². The molecule has 0 saturated heterocycles. The number of benzene rings is 1. The van der Waals surface area contributed by atoms with Gasteiger partial charge in [-0.1, -0.05) is 18.2 Å². The van der Waals surface area contributed by atoms with E-state index in [1.807, 2.05) is 6.07 Å². The van der Waals surface area contributed by atoms with Gasteiger partial charge in [0, 0.05) is 7.05 Å². The van der Waals surface area contributed by atoms with E-state index >= 15 is 0 Å². The summed E-state index contributed by atoms with van der Waals surface area (Å²) in [6.07, 6.45) is -0.118. The number of para-hydroxylation sites is 1. The van der Waals surface area contributed by atoms with Gasteiger partial charge in [-0.15, -0.1) is 5.10 Å². The zero-order valence-electron chi connectivity index (χ0n) is 20.2. The minimum absolute atomic E-state index is 0.0465. The van der Waals surface area contributed by atoms with Crippen molar-refractivity contribution >= 4 is 35.3 Å². The Morgan fingerprint density at radius 2 is 1.59 bits per heavy atom. The van der Waals surface area contributed by atoms with E-state index in [-0.39, 0.29) is 23.1 Å². The largest absolute Gasteiger partial charge is 0.443 e. The fraction of sp³-hybridized carbons (Fsp3) is 0.391. The molecule has 0 aliphatic rings. The van der Waals surface area contributed by atoms with E-state index in [0.29, 0.717) is 5.69 Å². The van der Waals surface area contributed by atoms with E-state index in [4.69, 9.17) is 9.47 Å². The zero-order valence-corrected chi connectivity index (χ0v) is 20.2. The van der Waals surface area contributed by atoms with Crippen molar-refractivity contribution < 1.29 is 19.1 Å². The molecule has 0 aliphatic carbocycles. The molecule has 34 heavy (non-hydrogen) atoms. The molecule has 2 heterocycles. The monoisotopic (exact) mass is 465 g/mol. The van der Waals surface area contributed by atoms with E-state index in [9.17, 15) is 14.9 Å².